The summed E-state index contributed by atoms with van der Waals surface area (Å²) in [5, 5.41) is 5.83. The molecule has 5 rings (SSSR count). The Kier molecular flexibility index (Phi) is 12.6. The van der Waals surface area contributed by atoms with E-state index in [1.165, 1.54) is 0 Å². The SMILES string of the molecule is CCCN1C(=O)[C@H](CCCCNC(=O)OCc2ccccc2)NC(=O)C12CCN(CCc1nc(-c3ccccc3)oc1C)CC2.Cl. The first-order valence-electron chi connectivity index (χ1n) is 16.2. The zero-order valence-electron chi connectivity index (χ0n) is 26.8. The van der Waals surface area contributed by atoms with E-state index in [4.69, 9.17) is 14.1 Å². The lowest BCUT2D eigenvalue weighted by atomic mass is 9.81. The van der Waals surface area contributed by atoms with Crippen LogP contribution in [0.25, 0.3) is 11.5 Å². The first-order valence-corrected chi connectivity index (χ1v) is 16.2. The van der Waals surface area contributed by atoms with Gasteiger partial charge >= 0.3 is 6.09 Å². The molecule has 1 spiro atoms. The lowest BCUT2D eigenvalue weighted by molar-refractivity contribution is -0.161. The highest BCUT2D eigenvalue weighted by Gasteiger charge is 2.53. The van der Waals surface area contributed by atoms with Crippen LogP contribution < -0.4 is 10.6 Å². The molecule has 10 nitrogen and oxygen atoms in total. The molecule has 11 heteroatoms. The number of likely N-dealkylation sites (tertiary alicyclic amines) is 1. The molecule has 2 aliphatic rings. The zero-order valence-corrected chi connectivity index (χ0v) is 27.7. The summed E-state index contributed by atoms with van der Waals surface area (Å²) >= 11 is 0. The van der Waals surface area contributed by atoms with Crippen molar-refractivity contribution in [1.82, 2.24) is 25.4 Å². The van der Waals surface area contributed by atoms with E-state index in [1.807, 2.05) is 79.4 Å². The van der Waals surface area contributed by atoms with Crippen LogP contribution in [0.2, 0.25) is 0 Å². The van der Waals surface area contributed by atoms with E-state index in [2.05, 4.69) is 15.5 Å². The Labute approximate surface area is 277 Å². The van der Waals surface area contributed by atoms with Gasteiger partial charge in [0.1, 0.15) is 23.9 Å². The standard InChI is InChI=1S/C35H45N5O5.ClH/c1-3-21-40-32(41)30(16-10-11-20-36-34(43)44-25-27-12-6-4-7-13-27)38-33(42)35(40)18-23-39(24-19-35)22-17-29-26(2)45-31(37-29)28-14-8-5-9-15-28;/h4-9,12-15,30H,3,10-11,16-25H2,1-2H3,(H,36,43)(H,38,42);1H/t30-;/m0./s1. The predicted molar refractivity (Wildman–Crippen MR) is 178 cm³/mol. The van der Waals surface area contributed by atoms with Crippen LogP contribution in [0.1, 0.15) is 62.5 Å². The number of amides is 3. The molecule has 3 heterocycles. The molecule has 3 aromatic rings. The summed E-state index contributed by atoms with van der Waals surface area (Å²) in [6.07, 6.45) is 4.24. The van der Waals surface area contributed by atoms with Crippen LogP contribution in [0.15, 0.2) is 65.1 Å². The number of aromatic nitrogens is 1. The van der Waals surface area contributed by atoms with Crippen molar-refractivity contribution in [3.8, 4) is 11.5 Å². The lowest BCUT2D eigenvalue weighted by Crippen LogP contribution is -2.72. The van der Waals surface area contributed by atoms with Crippen LogP contribution in [0.4, 0.5) is 4.79 Å². The van der Waals surface area contributed by atoms with Gasteiger partial charge in [-0.25, -0.2) is 9.78 Å². The molecule has 46 heavy (non-hydrogen) atoms. The number of nitrogens with zero attached hydrogens (tertiary/aromatic N) is 3. The predicted octanol–water partition coefficient (Wildman–Crippen LogP) is 5.28. The van der Waals surface area contributed by atoms with Crippen LogP contribution in [-0.2, 0) is 27.4 Å². The highest BCUT2D eigenvalue weighted by molar-refractivity contribution is 6.00. The number of benzene rings is 2. The van der Waals surface area contributed by atoms with Gasteiger partial charge in [-0.05, 0) is 63.1 Å². The van der Waals surface area contributed by atoms with Gasteiger partial charge in [-0.3, -0.25) is 9.59 Å². The molecule has 0 aliphatic carbocycles. The van der Waals surface area contributed by atoms with Crippen LogP contribution in [0.5, 0.6) is 0 Å². The maximum absolute atomic E-state index is 13.7. The van der Waals surface area contributed by atoms with E-state index in [9.17, 15) is 14.4 Å². The molecule has 0 bridgehead atoms. The zero-order chi connectivity index (χ0) is 31.6. The Morgan fingerprint density at radius 1 is 1.04 bits per heavy atom. The van der Waals surface area contributed by atoms with Gasteiger partial charge in [-0.15, -0.1) is 12.4 Å². The first kappa shape index (κ1) is 35.0. The highest BCUT2D eigenvalue weighted by Crippen LogP contribution is 2.34. The van der Waals surface area contributed by atoms with Crippen molar-refractivity contribution in [1.29, 1.82) is 0 Å². The van der Waals surface area contributed by atoms with E-state index in [0.29, 0.717) is 51.1 Å². The molecule has 0 radical (unpaired) electrons. The van der Waals surface area contributed by atoms with Gasteiger partial charge in [0.25, 0.3) is 0 Å². The third-order valence-electron chi connectivity index (χ3n) is 8.92. The van der Waals surface area contributed by atoms with Crippen LogP contribution in [0.3, 0.4) is 0 Å². The van der Waals surface area contributed by atoms with E-state index >= 15 is 0 Å². The van der Waals surface area contributed by atoms with Gasteiger partial charge in [0, 0.05) is 44.7 Å². The van der Waals surface area contributed by atoms with Gasteiger partial charge in [-0.1, -0.05) is 55.5 Å². The Bertz CT molecular complexity index is 1430. The normalized spacial score (nSPS) is 17.8. The van der Waals surface area contributed by atoms with Crippen molar-refractivity contribution in [3.63, 3.8) is 0 Å². The molecule has 248 valence electrons. The minimum Gasteiger partial charge on any atom is -0.445 e. The van der Waals surface area contributed by atoms with Gasteiger partial charge in [0.15, 0.2) is 0 Å². The van der Waals surface area contributed by atoms with Crippen molar-refractivity contribution >= 4 is 30.3 Å². The number of rotatable bonds is 13. The molecule has 2 aromatic carbocycles. The Morgan fingerprint density at radius 3 is 2.43 bits per heavy atom. The van der Waals surface area contributed by atoms with E-state index in [-0.39, 0.29) is 30.8 Å². The van der Waals surface area contributed by atoms with E-state index in [0.717, 1.165) is 55.1 Å². The molecule has 2 fully saturated rings. The Balaban J connectivity index is 0.00000480. The van der Waals surface area contributed by atoms with Gasteiger partial charge in [-0.2, -0.15) is 0 Å². The third kappa shape index (κ3) is 8.47. The maximum Gasteiger partial charge on any atom is 0.407 e. The number of ether oxygens (including phenoxy) is 1. The number of halogens is 1. The van der Waals surface area contributed by atoms with Crippen molar-refractivity contribution < 1.29 is 23.5 Å². The summed E-state index contributed by atoms with van der Waals surface area (Å²) in [4.78, 5) is 48.3. The van der Waals surface area contributed by atoms with E-state index < -0.39 is 17.7 Å². The average Bonchev–Trinajstić information content (AvgIpc) is 3.45. The lowest BCUT2D eigenvalue weighted by Gasteiger charge is -2.51. The molecule has 1 atom stereocenters. The number of carbonyl (C=O) groups excluding carboxylic acids is 3. The van der Waals surface area contributed by atoms with Gasteiger partial charge in [0.2, 0.25) is 17.7 Å². The summed E-state index contributed by atoms with van der Waals surface area (Å²) in [5.74, 6) is 1.44. The number of carbonyl (C=O) groups is 3. The smallest absolute Gasteiger partial charge is 0.407 e. The van der Waals surface area contributed by atoms with Gasteiger partial charge in [0.05, 0.1) is 5.69 Å². The number of oxazole rings is 1. The first-order chi connectivity index (χ1) is 21.9. The molecule has 0 unspecified atom stereocenters. The fourth-order valence-electron chi connectivity index (χ4n) is 6.33. The fraction of sp³-hybridized carbons (Fsp3) is 0.486. The summed E-state index contributed by atoms with van der Waals surface area (Å²) < 4.78 is 11.2. The van der Waals surface area contributed by atoms with Gasteiger partial charge < -0.3 is 29.6 Å². The molecule has 0 saturated carbocycles. The fourth-order valence-corrected chi connectivity index (χ4v) is 6.33. The summed E-state index contributed by atoms with van der Waals surface area (Å²) in [6.45, 7) is 7.52. The number of nitrogens with one attached hydrogen (secondary N) is 2. The minimum absolute atomic E-state index is 0. The third-order valence-corrected chi connectivity index (χ3v) is 8.92. The number of unbranched alkanes of at least 4 members (excludes halogenated alkanes) is 1. The molecular formula is C35H46ClN5O5. The number of hydrogen-bond acceptors (Lipinski definition) is 7. The molecule has 2 N–H and O–H groups in total. The second kappa shape index (κ2) is 16.6. The Morgan fingerprint density at radius 2 is 1.74 bits per heavy atom. The number of piperidine rings is 1. The van der Waals surface area contributed by atoms with Crippen molar-refractivity contribution in [2.75, 3.05) is 32.7 Å². The number of piperazine rings is 1. The van der Waals surface area contributed by atoms with Crippen LogP contribution in [0, 0.1) is 6.92 Å². The topological polar surface area (TPSA) is 117 Å². The summed E-state index contributed by atoms with van der Waals surface area (Å²) in [5.41, 5.74) is 2.05. The Hall–Kier alpha value is -3.89. The largest absolute Gasteiger partial charge is 0.445 e. The maximum atomic E-state index is 13.7. The number of aryl methyl sites for hydroxylation is 1. The molecular weight excluding hydrogens is 606 g/mol. The number of hydrogen-bond donors (Lipinski definition) is 2. The quantitative estimate of drug-likeness (QED) is 0.242. The van der Waals surface area contributed by atoms with Crippen molar-refractivity contribution in [2.24, 2.45) is 0 Å². The van der Waals surface area contributed by atoms with Crippen LogP contribution in [-0.4, -0.2) is 77.0 Å². The molecule has 2 saturated heterocycles. The summed E-state index contributed by atoms with van der Waals surface area (Å²) in [6, 6.07) is 18.9. The average molecular weight is 652 g/mol. The van der Waals surface area contributed by atoms with Crippen LogP contribution >= 0.6 is 12.4 Å². The highest BCUT2D eigenvalue weighted by atomic mass is 35.5. The van der Waals surface area contributed by atoms with Crippen molar-refractivity contribution in [3.05, 3.63) is 77.7 Å². The molecule has 1 aromatic heterocycles. The monoisotopic (exact) mass is 651 g/mol. The minimum atomic E-state index is -0.797. The molecule has 3 amide bonds. The number of alkyl carbamates (subject to hydrolysis) is 1. The van der Waals surface area contributed by atoms with Crippen molar-refractivity contribution in [2.45, 2.75) is 77.0 Å². The summed E-state index contributed by atoms with van der Waals surface area (Å²) in [7, 11) is 0. The second-order valence-corrected chi connectivity index (χ2v) is 12.0. The second-order valence-electron chi connectivity index (χ2n) is 12.0. The molecule has 2 aliphatic heterocycles. The van der Waals surface area contributed by atoms with E-state index in [1.54, 1.807) is 0 Å².